The molecule has 68 heavy (non-hydrogen) atoms. The molecule has 4 fully saturated rings. The van der Waals surface area contributed by atoms with Crippen LogP contribution in [0.3, 0.4) is 0 Å². The first-order chi connectivity index (χ1) is 33.3. The summed E-state index contributed by atoms with van der Waals surface area (Å²) in [4.78, 5) is 56.2. The van der Waals surface area contributed by atoms with Gasteiger partial charge in [-0.1, -0.05) is 101 Å². The van der Waals surface area contributed by atoms with Crippen molar-refractivity contribution in [3.63, 3.8) is 0 Å². The Balaban J connectivity index is 0.866. The molecular formula is C58H66O8S2. The van der Waals surface area contributed by atoms with Crippen molar-refractivity contribution in [2.45, 2.75) is 179 Å². The Bertz CT molecular complexity index is 2420. The van der Waals surface area contributed by atoms with Gasteiger partial charge in [-0.3, -0.25) is 19.2 Å². The van der Waals surface area contributed by atoms with E-state index in [1.54, 1.807) is 22.7 Å². The van der Waals surface area contributed by atoms with E-state index >= 15 is 0 Å². The van der Waals surface area contributed by atoms with Crippen LogP contribution >= 0.6 is 22.7 Å². The van der Waals surface area contributed by atoms with Crippen LogP contribution < -0.4 is 0 Å². The fraction of sp³-hybridized carbons (Fsp3) is 0.552. The van der Waals surface area contributed by atoms with E-state index in [0.29, 0.717) is 25.7 Å². The van der Waals surface area contributed by atoms with Crippen molar-refractivity contribution < 1.29 is 38.1 Å². The molecule has 10 heteroatoms. The molecule has 4 saturated carbocycles. The third-order valence-electron chi connectivity index (χ3n) is 16.5. The van der Waals surface area contributed by atoms with E-state index in [1.807, 2.05) is 0 Å². The summed E-state index contributed by atoms with van der Waals surface area (Å²) >= 11 is 3.52. The average molecular weight is 955 g/mol. The highest BCUT2D eigenvalue weighted by Gasteiger charge is 2.38. The maximum Gasteiger partial charge on any atom is 0.309 e. The number of hydrogen-bond donors (Lipinski definition) is 0. The van der Waals surface area contributed by atoms with Gasteiger partial charge in [-0.15, -0.1) is 22.7 Å². The summed E-state index contributed by atoms with van der Waals surface area (Å²) in [5.74, 6) is -0.463. The van der Waals surface area contributed by atoms with Crippen molar-refractivity contribution in [1.82, 2.24) is 0 Å². The number of carbonyl (C=O) groups excluding carboxylic acids is 4. The molecule has 3 aromatic carbocycles. The summed E-state index contributed by atoms with van der Waals surface area (Å²) in [6, 6.07) is 22.0. The van der Waals surface area contributed by atoms with E-state index in [1.165, 1.54) is 45.9 Å². The monoisotopic (exact) mass is 954 g/mol. The van der Waals surface area contributed by atoms with E-state index in [2.05, 4.69) is 60.7 Å². The smallest absolute Gasteiger partial charge is 0.309 e. The van der Waals surface area contributed by atoms with Gasteiger partial charge in [0.15, 0.2) is 0 Å². The van der Waals surface area contributed by atoms with Gasteiger partial charge < -0.3 is 18.9 Å². The fourth-order valence-corrected chi connectivity index (χ4v) is 14.7. The number of rotatable bonds is 10. The fourth-order valence-electron chi connectivity index (χ4n) is 12.5. The van der Waals surface area contributed by atoms with Gasteiger partial charge in [0.2, 0.25) is 0 Å². The zero-order valence-corrected chi connectivity index (χ0v) is 41.1. The van der Waals surface area contributed by atoms with E-state index in [-0.39, 0.29) is 72.0 Å². The predicted molar refractivity (Wildman–Crippen MR) is 268 cm³/mol. The molecule has 0 spiro atoms. The molecule has 2 heterocycles. The highest BCUT2D eigenvalue weighted by Crippen LogP contribution is 2.48. The molecule has 4 unspecified atom stereocenters. The summed E-state index contributed by atoms with van der Waals surface area (Å²) in [5, 5.41) is 2.34. The number of benzene rings is 3. The van der Waals surface area contributed by atoms with Crippen LogP contribution in [0.15, 0.2) is 60.7 Å². The molecule has 8 nitrogen and oxygen atoms in total. The Morgan fingerprint density at radius 1 is 0.338 bits per heavy atom. The van der Waals surface area contributed by atoms with Gasteiger partial charge in [-0.25, -0.2) is 0 Å². The lowest BCUT2D eigenvalue weighted by atomic mass is 9.84. The standard InChI is InChI=1S/C58H66O8S2/c59-55(35-13-5-1-6-14-35)63-47-25-27-49(65-57(61)37-17-9-3-10-18-37)45-29-39(21-23-43(45)47)51-31-41-33-54-42(34-53(41)67-51)32-52(68-54)40-22-24-44-46(30-40)50(66-58(62)38-19-11-4-12-20-38)28-26-48(44)64-56(60)36-15-7-2-8-16-36/h21-24,29-38,47-50H,1-20,25-28H2. The Morgan fingerprint density at radius 3 is 0.941 bits per heavy atom. The Kier molecular flexibility index (Phi) is 13.8. The summed E-state index contributed by atoms with van der Waals surface area (Å²) in [5.41, 5.74) is 6.00. The third kappa shape index (κ3) is 9.79. The van der Waals surface area contributed by atoms with Gasteiger partial charge in [-0.2, -0.15) is 0 Å². The van der Waals surface area contributed by atoms with Crippen molar-refractivity contribution in [3.8, 4) is 20.9 Å². The lowest BCUT2D eigenvalue weighted by molar-refractivity contribution is -0.162. The minimum Gasteiger partial charge on any atom is -0.457 e. The van der Waals surface area contributed by atoms with Crippen LogP contribution in [0.5, 0.6) is 0 Å². The lowest BCUT2D eigenvalue weighted by Gasteiger charge is -2.33. The maximum atomic E-state index is 13.5. The molecule has 358 valence electrons. The molecule has 5 aromatic rings. The first-order valence-electron chi connectivity index (χ1n) is 26.4. The predicted octanol–water partition coefficient (Wildman–Crippen LogP) is 15.7. The molecule has 6 aliphatic carbocycles. The molecule has 0 N–H and O–H groups in total. The van der Waals surface area contributed by atoms with Crippen molar-refractivity contribution in [2.24, 2.45) is 23.7 Å². The van der Waals surface area contributed by atoms with Crippen LogP contribution in [0.1, 0.15) is 201 Å². The molecule has 11 rings (SSSR count). The van der Waals surface area contributed by atoms with E-state index in [0.717, 1.165) is 146 Å². The number of ether oxygens (including phenoxy) is 4. The van der Waals surface area contributed by atoms with Gasteiger partial charge >= 0.3 is 23.9 Å². The minimum atomic E-state index is -0.368. The van der Waals surface area contributed by atoms with Crippen LogP contribution in [0, 0.1) is 23.7 Å². The Hall–Kier alpha value is -4.54. The van der Waals surface area contributed by atoms with Crippen molar-refractivity contribution in [3.05, 3.63) is 82.9 Å². The molecule has 4 atom stereocenters. The third-order valence-corrected chi connectivity index (χ3v) is 18.7. The minimum absolute atomic E-state index is 0.0264. The van der Waals surface area contributed by atoms with Gasteiger partial charge in [0.1, 0.15) is 24.4 Å². The van der Waals surface area contributed by atoms with Gasteiger partial charge in [0.25, 0.3) is 0 Å². The normalized spacial score (nSPS) is 24.2. The highest BCUT2D eigenvalue weighted by molar-refractivity contribution is 7.23. The van der Waals surface area contributed by atoms with Gasteiger partial charge in [0, 0.05) is 19.2 Å². The van der Waals surface area contributed by atoms with Crippen LogP contribution in [0.4, 0.5) is 0 Å². The molecule has 0 bridgehead atoms. The van der Waals surface area contributed by atoms with Gasteiger partial charge in [0.05, 0.1) is 23.7 Å². The first-order valence-corrected chi connectivity index (χ1v) is 28.0. The summed E-state index contributed by atoms with van der Waals surface area (Å²) in [7, 11) is 0. The molecule has 0 amide bonds. The molecule has 0 radical (unpaired) electrons. The SMILES string of the molecule is O=C(OC1CCC(OC(=O)C2CCCCC2)c2cc(-c3cc4cc5sc(-c6ccc7c(c6)C(OC(=O)C6CCCCC6)CCC7OC(=O)C6CCCCC6)cc5cc4s3)ccc21)C1CCCCC1. The maximum absolute atomic E-state index is 13.5. The van der Waals surface area contributed by atoms with Crippen molar-refractivity contribution in [2.75, 3.05) is 0 Å². The number of fused-ring (bicyclic) bond motifs is 4. The Labute approximate surface area is 408 Å². The van der Waals surface area contributed by atoms with E-state index < -0.39 is 0 Å². The second-order valence-electron chi connectivity index (χ2n) is 21.0. The lowest BCUT2D eigenvalue weighted by Crippen LogP contribution is -2.28. The van der Waals surface area contributed by atoms with Crippen LogP contribution in [-0.4, -0.2) is 23.9 Å². The summed E-state index contributed by atoms with van der Waals surface area (Å²) < 4.78 is 27.7. The second-order valence-corrected chi connectivity index (χ2v) is 23.2. The highest BCUT2D eigenvalue weighted by atomic mass is 32.1. The van der Waals surface area contributed by atoms with Crippen LogP contribution in [0.2, 0.25) is 0 Å². The van der Waals surface area contributed by atoms with E-state index in [4.69, 9.17) is 18.9 Å². The zero-order chi connectivity index (χ0) is 46.1. The first kappa shape index (κ1) is 45.9. The average Bonchev–Trinajstić information content (AvgIpc) is 4.01. The number of thiophene rings is 2. The molecule has 2 aromatic heterocycles. The quantitative estimate of drug-likeness (QED) is 0.101. The molecule has 6 aliphatic rings. The molecule has 0 aliphatic heterocycles. The van der Waals surface area contributed by atoms with Crippen LogP contribution in [-0.2, 0) is 38.1 Å². The number of carbonyl (C=O) groups is 4. The summed E-state index contributed by atoms with van der Waals surface area (Å²) in [6.45, 7) is 0. The summed E-state index contributed by atoms with van der Waals surface area (Å²) in [6.07, 6.45) is 21.6. The number of hydrogen-bond acceptors (Lipinski definition) is 10. The van der Waals surface area contributed by atoms with Gasteiger partial charge in [-0.05, 0) is 158 Å². The molecular weight excluding hydrogens is 889 g/mol. The topological polar surface area (TPSA) is 105 Å². The van der Waals surface area contributed by atoms with Crippen molar-refractivity contribution in [1.29, 1.82) is 0 Å². The van der Waals surface area contributed by atoms with Crippen LogP contribution in [0.25, 0.3) is 41.1 Å². The largest absolute Gasteiger partial charge is 0.457 e. The van der Waals surface area contributed by atoms with Crippen molar-refractivity contribution >= 4 is 66.7 Å². The second kappa shape index (κ2) is 20.4. The molecule has 0 saturated heterocycles. The zero-order valence-electron chi connectivity index (χ0n) is 39.4. The van der Waals surface area contributed by atoms with E-state index in [9.17, 15) is 19.2 Å². The Morgan fingerprint density at radius 2 is 0.632 bits per heavy atom. The number of esters is 4.